The minimum atomic E-state index is -0.377. The summed E-state index contributed by atoms with van der Waals surface area (Å²) in [6, 6.07) is 5.09. The quantitative estimate of drug-likeness (QED) is 0.599. The third kappa shape index (κ3) is 5.14. The number of methoxy groups -OCH3 is 1. The maximum Gasteiger partial charge on any atom is 0.225 e. The van der Waals surface area contributed by atoms with Gasteiger partial charge in [-0.3, -0.25) is 9.79 Å². The first-order valence-corrected chi connectivity index (χ1v) is 10.2. The van der Waals surface area contributed by atoms with Crippen molar-refractivity contribution in [3.05, 3.63) is 29.6 Å². The molecule has 1 atom stereocenters. The Morgan fingerprint density at radius 1 is 1.29 bits per heavy atom. The molecule has 1 aromatic rings. The Bertz CT molecular complexity index is 704. The van der Waals surface area contributed by atoms with Gasteiger partial charge in [-0.25, -0.2) is 4.39 Å². The van der Waals surface area contributed by atoms with E-state index in [4.69, 9.17) is 4.74 Å². The van der Waals surface area contributed by atoms with E-state index in [-0.39, 0.29) is 23.5 Å². The standard InChI is InChI=1S/C21H31FN4O2/c1-23-21(24-13-15-8-9-19(28-2)18(22)12-15)25-17-10-11-26(14-17)20(27)16-6-4-3-5-7-16/h8-9,12,16-17H,3-7,10-11,13-14H2,1-2H3,(H2,23,24,25). The number of halogens is 1. The first-order chi connectivity index (χ1) is 13.6. The van der Waals surface area contributed by atoms with Crippen LogP contribution in [-0.4, -0.2) is 50.1 Å². The van der Waals surface area contributed by atoms with E-state index in [1.165, 1.54) is 32.4 Å². The van der Waals surface area contributed by atoms with Crippen LogP contribution in [-0.2, 0) is 11.3 Å². The predicted octanol–water partition coefficient (Wildman–Crippen LogP) is 2.68. The van der Waals surface area contributed by atoms with E-state index in [2.05, 4.69) is 15.6 Å². The van der Waals surface area contributed by atoms with Gasteiger partial charge < -0.3 is 20.3 Å². The number of ether oxygens (including phenoxy) is 1. The van der Waals surface area contributed by atoms with Crippen LogP contribution in [0.5, 0.6) is 5.75 Å². The molecule has 7 heteroatoms. The van der Waals surface area contributed by atoms with Crippen molar-refractivity contribution in [1.82, 2.24) is 15.5 Å². The summed E-state index contributed by atoms with van der Waals surface area (Å²) in [5.41, 5.74) is 0.807. The predicted molar refractivity (Wildman–Crippen MR) is 108 cm³/mol. The van der Waals surface area contributed by atoms with Crippen molar-refractivity contribution in [1.29, 1.82) is 0 Å². The second-order valence-corrected chi connectivity index (χ2v) is 7.64. The minimum Gasteiger partial charge on any atom is -0.494 e. The number of nitrogens with zero attached hydrogens (tertiary/aromatic N) is 2. The largest absolute Gasteiger partial charge is 0.494 e. The lowest BCUT2D eigenvalue weighted by Gasteiger charge is -2.26. The van der Waals surface area contributed by atoms with E-state index in [0.717, 1.165) is 31.4 Å². The fourth-order valence-electron chi connectivity index (χ4n) is 4.08. The van der Waals surface area contributed by atoms with Gasteiger partial charge in [-0.1, -0.05) is 25.3 Å². The lowest BCUT2D eigenvalue weighted by Crippen LogP contribution is -2.45. The number of amides is 1. The van der Waals surface area contributed by atoms with E-state index in [9.17, 15) is 9.18 Å². The molecule has 1 saturated carbocycles. The minimum absolute atomic E-state index is 0.186. The summed E-state index contributed by atoms with van der Waals surface area (Å²) in [6.45, 7) is 1.97. The van der Waals surface area contributed by atoms with Crippen LogP contribution in [0.15, 0.2) is 23.2 Å². The molecular weight excluding hydrogens is 359 g/mol. The van der Waals surface area contributed by atoms with E-state index in [1.54, 1.807) is 13.1 Å². The van der Waals surface area contributed by atoms with Crippen LogP contribution in [0.4, 0.5) is 4.39 Å². The first-order valence-electron chi connectivity index (χ1n) is 10.2. The molecule has 0 aromatic heterocycles. The summed E-state index contributed by atoms with van der Waals surface area (Å²) in [5, 5.41) is 6.60. The summed E-state index contributed by atoms with van der Waals surface area (Å²) in [5.74, 6) is 1.06. The van der Waals surface area contributed by atoms with Crippen LogP contribution >= 0.6 is 0 Å². The van der Waals surface area contributed by atoms with Gasteiger partial charge in [0.25, 0.3) is 0 Å². The molecule has 1 aromatic carbocycles. The highest BCUT2D eigenvalue weighted by atomic mass is 19.1. The van der Waals surface area contributed by atoms with Crippen LogP contribution in [0.2, 0.25) is 0 Å². The average Bonchev–Trinajstić information content (AvgIpc) is 3.19. The molecule has 2 N–H and O–H groups in total. The van der Waals surface area contributed by atoms with Gasteiger partial charge in [-0.2, -0.15) is 0 Å². The third-order valence-electron chi connectivity index (χ3n) is 5.69. The van der Waals surface area contributed by atoms with E-state index < -0.39 is 0 Å². The molecule has 1 aliphatic heterocycles. The molecule has 28 heavy (non-hydrogen) atoms. The summed E-state index contributed by atoms with van der Waals surface area (Å²) < 4.78 is 18.8. The maximum absolute atomic E-state index is 13.8. The molecule has 6 nitrogen and oxygen atoms in total. The molecule has 1 heterocycles. The zero-order chi connectivity index (χ0) is 19.9. The Hall–Kier alpha value is -2.31. The molecule has 1 saturated heterocycles. The van der Waals surface area contributed by atoms with Gasteiger partial charge in [0.05, 0.1) is 7.11 Å². The first kappa shape index (κ1) is 20.4. The molecule has 0 bridgehead atoms. The molecule has 1 aliphatic carbocycles. The highest BCUT2D eigenvalue weighted by molar-refractivity contribution is 5.81. The molecule has 3 rings (SSSR count). The van der Waals surface area contributed by atoms with Gasteiger partial charge in [0, 0.05) is 38.6 Å². The number of aliphatic imine (C=N–C) groups is 1. The third-order valence-corrected chi connectivity index (χ3v) is 5.69. The highest BCUT2D eigenvalue weighted by Gasteiger charge is 2.31. The number of hydrogen-bond donors (Lipinski definition) is 2. The fraction of sp³-hybridized carbons (Fsp3) is 0.619. The molecule has 1 unspecified atom stereocenters. The second kappa shape index (κ2) is 9.75. The van der Waals surface area contributed by atoms with Gasteiger partial charge in [-0.05, 0) is 37.0 Å². The Labute approximate surface area is 166 Å². The van der Waals surface area contributed by atoms with Crippen molar-refractivity contribution in [2.24, 2.45) is 10.9 Å². The second-order valence-electron chi connectivity index (χ2n) is 7.64. The highest BCUT2D eigenvalue weighted by Crippen LogP contribution is 2.26. The van der Waals surface area contributed by atoms with Gasteiger partial charge in [0.1, 0.15) is 0 Å². The topological polar surface area (TPSA) is 66.0 Å². The lowest BCUT2D eigenvalue weighted by atomic mass is 9.88. The number of carbonyl (C=O) groups is 1. The van der Waals surface area contributed by atoms with Crippen molar-refractivity contribution in [2.75, 3.05) is 27.2 Å². The molecule has 1 amide bonds. The van der Waals surface area contributed by atoms with Crippen molar-refractivity contribution in [2.45, 2.75) is 51.1 Å². The lowest BCUT2D eigenvalue weighted by molar-refractivity contribution is -0.135. The Morgan fingerprint density at radius 3 is 2.75 bits per heavy atom. The van der Waals surface area contributed by atoms with E-state index in [0.29, 0.717) is 25.0 Å². The van der Waals surface area contributed by atoms with Crippen molar-refractivity contribution in [3.8, 4) is 5.75 Å². The smallest absolute Gasteiger partial charge is 0.225 e. The maximum atomic E-state index is 13.8. The number of guanidine groups is 1. The van der Waals surface area contributed by atoms with Gasteiger partial charge in [0.2, 0.25) is 5.91 Å². The van der Waals surface area contributed by atoms with Crippen LogP contribution in [0.25, 0.3) is 0 Å². The van der Waals surface area contributed by atoms with Gasteiger partial charge in [-0.15, -0.1) is 0 Å². The Kier molecular flexibility index (Phi) is 7.12. The van der Waals surface area contributed by atoms with Crippen molar-refractivity contribution < 1.29 is 13.9 Å². The molecule has 2 aliphatic rings. The Morgan fingerprint density at radius 2 is 2.07 bits per heavy atom. The summed E-state index contributed by atoms with van der Waals surface area (Å²) in [7, 11) is 3.16. The average molecular weight is 391 g/mol. The van der Waals surface area contributed by atoms with E-state index >= 15 is 0 Å². The van der Waals surface area contributed by atoms with Crippen molar-refractivity contribution >= 4 is 11.9 Å². The van der Waals surface area contributed by atoms with Crippen LogP contribution in [0, 0.1) is 11.7 Å². The number of hydrogen-bond acceptors (Lipinski definition) is 3. The molecule has 154 valence electrons. The molecule has 0 spiro atoms. The number of benzene rings is 1. The van der Waals surface area contributed by atoms with E-state index in [1.807, 2.05) is 11.0 Å². The SMILES string of the molecule is CN=C(NCc1ccc(OC)c(F)c1)NC1CCN(C(=O)C2CCCCC2)C1. The molecule has 2 fully saturated rings. The van der Waals surface area contributed by atoms with Crippen LogP contribution in [0.1, 0.15) is 44.1 Å². The summed E-state index contributed by atoms with van der Waals surface area (Å²) >= 11 is 0. The monoisotopic (exact) mass is 390 g/mol. The Balaban J connectivity index is 1.47. The van der Waals surface area contributed by atoms with Crippen LogP contribution < -0.4 is 15.4 Å². The zero-order valence-electron chi connectivity index (χ0n) is 16.8. The van der Waals surface area contributed by atoms with Gasteiger partial charge >= 0.3 is 0 Å². The molecule has 0 radical (unpaired) electrons. The number of likely N-dealkylation sites (tertiary alicyclic amines) is 1. The number of nitrogens with one attached hydrogen (secondary N) is 2. The molecular formula is C21H31FN4O2. The zero-order valence-corrected chi connectivity index (χ0v) is 16.8. The fourth-order valence-corrected chi connectivity index (χ4v) is 4.08. The van der Waals surface area contributed by atoms with Crippen LogP contribution in [0.3, 0.4) is 0 Å². The van der Waals surface area contributed by atoms with Crippen molar-refractivity contribution in [3.63, 3.8) is 0 Å². The summed E-state index contributed by atoms with van der Waals surface area (Å²) in [4.78, 5) is 19.0. The summed E-state index contributed by atoms with van der Waals surface area (Å²) in [6.07, 6.45) is 6.59. The number of carbonyl (C=O) groups excluding carboxylic acids is 1. The normalized spacial score (nSPS) is 20.9. The van der Waals surface area contributed by atoms with Gasteiger partial charge in [0.15, 0.2) is 17.5 Å². The number of rotatable bonds is 5.